The molecule has 0 saturated carbocycles. The summed E-state index contributed by atoms with van der Waals surface area (Å²) in [5.41, 5.74) is -0.484. The number of hydrogen-bond acceptors (Lipinski definition) is 3. The Bertz CT molecular complexity index is 924. The summed E-state index contributed by atoms with van der Waals surface area (Å²) in [6, 6.07) is 12.8. The summed E-state index contributed by atoms with van der Waals surface area (Å²) in [6.07, 6.45) is 0. The van der Waals surface area contributed by atoms with Gasteiger partial charge in [-0.2, -0.15) is 0 Å². The maximum atomic E-state index is 13.3. The molecule has 1 saturated heterocycles. The van der Waals surface area contributed by atoms with Gasteiger partial charge in [-0.1, -0.05) is 42.5 Å². The Kier molecular flexibility index (Phi) is 5.15. The Morgan fingerprint density at radius 3 is 2.29 bits per heavy atom. The number of urea groups is 1. The van der Waals surface area contributed by atoms with Gasteiger partial charge in [-0.05, 0) is 51.0 Å². The Labute approximate surface area is 165 Å². The molecule has 0 radical (unpaired) electrons. The van der Waals surface area contributed by atoms with E-state index in [1.807, 2.05) is 70.2 Å². The highest BCUT2D eigenvalue weighted by atomic mass is 16.2. The van der Waals surface area contributed by atoms with Crippen molar-refractivity contribution in [3.63, 3.8) is 0 Å². The number of carbonyl (C=O) groups is 3. The molecule has 3 rings (SSSR count). The maximum absolute atomic E-state index is 13.3. The third kappa shape index (κ3) is 3.23. The van der Waals surface area contributed by atoms with Crippen molar-refractivity contribution >= 4 is 28.6 Å². The number of hydrogen-bond donors (Lipinski definition) is 1. The highest BCUT2D eigenvalue weighted by molar-refractivity contribution is 6.10. The first kappa shape index (κ1) is 19.9. The standard InChI is InChI=1S/C22H27N3O3/c1-14(2)25(15(3)4)19(26)13-24-20(27)22(5,23-21(24)28)18-12-8-10-16-9-6-7-11-17(16)18/h6-12,14-15H,13H2,1-5H3,(H,23,28)/t22-/m0/s1. The molecule has 1 N–H and O–H groups in total. The lowest BCUT2D eigenvalue weighted by Gasteiger charge is -2.32. The van der Waals surface area contributed by atoms with Crippen LogP contribution in [0, 0.1) is 0 Å². The van der Waals surface area contributed by atoms with Crippen molar-refractivity contribution in [2.24, 2.45) is 0 Å². The van der Waals surface area contributed by atoms with Gasteiger partial charge in [0.1, 0.15) is 12.1 Å². The second-order valence-electron chi connectivity index (χ2n) is 7.96. The first-order chi connectivity index (χ1) is 13.2. The zero-order valence-corrected chi connectivity index (χ0v) is 17.0. The third-order valence-electron chi connectivity index (χ3n) is 5.30. The molecule has 0 aliphatic carbocycles. The van der Waals surface area contributed by atoms with Gasteiger partial charge in [-0.15, -0.1) is 0 Å². The van der Waals surface area contributed by atoms with Crippen LogP contribution in [0.25, 0.3) is 10.8 Å². The number of nitrogens with one attached hydrogen (secondary N) is 1. The van der Waals surface area contributed by atoms with E-state index in [9.17, 15) is 14.4 Å². The predicted molar refractivity (Wildman–Crippen MR) is 109 cm³/mol. The lowest BCUT2D eigenvalue weighted by molar-refractivity contribution is -0.141. The first-order valence-electron chi connectivity index (χ1n) is 9.60. The number of carbonyl (C=O) groups excluding carboxylic acids is 3. The Balaban J connectivity index is 1.94. The molecule has 1 aliphatic heterocycles. The molecule has 6 nitrogen and oxygen atoms in total. The molecule has 0 unspecified atom stereocenters. The number of nitrogens with zero attached hydrogens (tertiary/aromatic N) is 2. The molecule has 28 heavy (non-hydrogen) atoms. The molecular formula is C22H27N3O3. The van der Waals surface area contributed by atoms with E-state index >= 15 is 0 Å². The second kappa shape index (κ2) is 7.26. The van der Waals surface area contributed by atoms with Gasteiger partial charge in [0.15, 0.2) is 0 Å². The molecule has 4 amide bonds. The summed E-state index contributed by atoms with van der Waals surface area (Å²) >= 11 is 0. The van der Waals surface area contributed by atoms with E-state index in [-0.39, 0.29) is 24.5 Å². The van der Waals surface area contributed by atoms with E-state index in [0.29, 0.717) is 0 Å². The van der Waals surface area contributed by atoms with Crippen LogP contribution in [0.5, 0.6) is 0 Å². The number of fused-ring (bicyclic) bond motifs is 1. The van der Waals surface area contributed by atoms with E-state index in [0.717, 1.165) is 21.2 Å². The van der Waals surface area contributed by atoms with Gasteiger partial charge < -0.3 is 10.2 Å². The fourth-order valence-electron chi connectivity index (χ4n) is 4.07. The summed E-state index contributed by atoms with van der Waals surface area (Å²) in [4.78, 5) is 41.4. The summed E-state index contributed by atoms with van der Waals surface area (Å²) in [5.74, 6) is -0.648. The van der Waals surface area contributed by atoms with Gasteiger partial charge in [0, 0.05) is 12.1 Å². The van der Waals surface area contributed by atoms with Crippen LogP contribution in [0.2, 0.25) is 0 Å². The van der Waals surface area contributed by atoms with Gasteiger partial charge in [0.25, 0.3) is 5.91 Å². The van der Waals surface area contributed by atoms with Gasteiger partial charge in [0.2, 0.25) is 5.91 Å². The smallest absolute Gasteiger partial charge is 0.325 e. The van der Waals surface area contributed by atoms with Crippen LogP contribution >= 0.6 is 0 Å². The third-order valence-corrected chi connectivity index (χ3v) is 5.30. The van der Waals surface area contributed by atoms with Gasteiger partial charge >= 0.3 is 6.03 Å². The van der Waals surface area contributed by atoms with Crippen molar-refractivity contribution in [2.75, 3.05) is 6.54 Å². The predicted octanol–water partition coefficient (Wildman–Crippen LogP) is 3.25. The molecule has 1 atom stereocenters. The van der Waals surface area contributed by atoms with Crippen molar-refractivity contribution in [1.82, 2.24) is 15.1 Å². The molecule has 1 aliphatic rings. The minimum Gasteiger partial charge on any atom is -0.336 e. The van der Waals surface area contributed by atoms with E-state index in [2.05, 4.69) is 5.32 Å². The minimum atomic E-state index is -1.21. The van der Waals surface area contributed by atoms with Crippen LogP contribution in [0.4, 0.5) is 4.79 Å². The number of rotatable bonds is 5. The van der Waals surface area contributed by atoms with E-state index in [1.165, 1.54) is 0 Å². The molecular weight excluding hydrogens is 354 g/mol. The molecule has 1 fully saturated rings. The summed E-state index contributed by atoms with van der Waals surface area (Å²) in [5, 5.41) is 4.70. The summed E-state index contributed by atoms with van der Waals surface area (Å²) < 4.78 is 0. The minimum absolute atomic E-state index is 0.0160. The Hall–Kier alpha value is -2.89. The molecule has 2 aromatic rings. The van der Waals surface area contributed by atoms with Crippen molar-refractivity contribution in [3.8, 4) is 0 Å². The SMILES string of the molecule is CC(C)N(C(=O)CN1C(=O)N[C@@](C)(c2cccc3ccccc23)C1=O)C(C)C. The monoisotopic (exact) mass is 381 g/mol. The van der Waals surface area contributed by atoms with Gasteiger partial charge in [-0.25, -0.2) is 4.79 Å². The van der Waals surface area contributed by atoms with Gasteiger partial charge in [-0.3, -0.25) is 14.5 Å². The van der Waals surface area contributed by atoms with Crippen molar-refractivity contribution in [1.29, 1.82) is 0 Å². The zero-order chi connectivity index (χ0) is 20.6. The topological polar surface area (TPSA) is 69.7 Å². The second-order valence-corrected chi connectivity index (χ2v) is 7.96. The molecule has 0 bridgehead atoms. The van der Waals surface area contributed by atoms with Crippen LogP contribution in [0.3, 0.4) is 0 Å². The average Bonchev–Trinajstić information content (AvgIpc) is 2.84. The fraction of sp³-hybridized carbons (Fsp3) is 0.409. The van der Waals surface area contributed by atoms with Crippen LogP contribution in [0.1, 0.15) is 40.2 Å². The lowest BCUT2D eigenvalue weighted by Crippen LogP contribution is -2.49. The molecule has 6 heteroatoms. The highest BCUT2D eigenvalue weighted by Crippen LogP contribution is 2.33. The van der Waals surface area contributed by atoms with E-state index in [1.54, 1.807) is 11.8 Å². The lowest BCUT2D eigenvalue weighted by atomic mass is 9.88. The van der Waals surface area contributed by atoms with Crippen molar-refractivity contribution in [3.05, 3.63) is 48.0 Å². The van der Waals surface area contributed by atoms with Crippen molar-refractivity contribution in [2.45, 2.75) is 52.2 Å². The van der Waals surface area contributed by atoms with Crippen LogP contribution < -0.4 is 5.32 Å². The molecule has 1 heterocycles. The maximum Gasteiger partial charge on any atom is 0.325 e. The summed E-state index contributed by atoms with van der Waals surface area (Å²) in [6.45, 7) is 9.12. The van der Waals surface area contributed by atoms with Crippen LogP contribution in [-0.4, -0.2) is 46.3 Å². The molecule has 0 aromatic heterocycles. The fourth-order valence-corrected chi connectivity index (χ4v) is 4.07. The first-order valence-corrected chi connectivity index (χ1v) is 9.60. The molecule has 148 valence electrons. The zero-order valence-electron chi connectivity index (χ0n) is 17.0. The highest BCUT2D eigenvalue weighted by Gasteiger charge is 2.50. The van der Waals surface area contributed by atoms with Gasteiger partial charge in [0.05, 0.1) is 0 Å². The largest absolute Gasteiger partial charge is 0.336 e. The number of benzene rings is 2. The van der Waals surface area contributed by atoms with Crippen LogP contribution in [0.15, 0.2) is 42.5 Å². The van der Waals surface area contributed by atoms with E-state index in [4.69, 9.17) is 0 Å². The number of amides is 4. The molecule has 0 spiro atoms. The van der Waals surface area contributed by atoms with Crippen molar-refractivity contribution < 1.29 is 14.4 Å². The normalized spacial score (nSPS) is 19.6. The average molecular weight is 381 g/mol. The van der Waals surface area contributed by atoms with E-state index < -0.39 is 17.5 Å². The van der Waals surface area contributed by atoms with Crippen LogP contribution in [-0.2, 0) is 15.1 Å². The molecule has 2 aromatic carbocycles. The summed E-state index contributed by atoms with van der Waals surface area (Å²) in [7, 11) is 0. The number of imide groups is 1. The quantitative estimate of drug-likeness (QED) is 0.809. The Morgan fingerprint density at radius 2 is 1.64 bits per heavy atom. The Morgan fingerprint density at radius 1 is 1.04 bits per heavy atom.